The van der Waals surface area contributed by atoms with Gasteiger partial charge in [-0.05, 0) is 31.9 Å². The second kappa shape index (κ2) is 7.26. The number of nitrogens with one attached hydrogen (secondary N) is 1. The first-order valence-corrected chi connectivity index (χ1v) is 7.32. The van der Waals surface area contributed by atoms with Crippen LogP contribution in [0.4, 0.5) is 4.79 Å². The number of nitrogens with zero attached hydrogens (tertiary/aromatic N) is 2. The summed E-state index contributed by atoms with van der Waals surface area (Å²) in [5, 5.41) is 2.96. The molecule has 2 heterocycles. The van der Waals surface area contributed by atoms with Crippen molar-refractivity contribution in [3.8, 4) is 0 Å². The average Bonchev–Trinajstić information content (AvgIpc) is 2.47. The van der Waals surface area contributed by atoms with E-state index in [0.717, 1.165) is 12.8 Å². The van der Waals surface area contributed by atoms with Gasteiger partial charge >= 0.3 is 6.09 Å². The lowest BCUT2D eigenvalue weighted by atomic mass is 10.0. The smallest absolute Gasteiger partial charge is 0.407 e. The number of carbonyl (C=O) groups is 2. The standard InChI is InChI=1S/C14H18ClN3O3/c1-2-21-14(20)17-10-5-4-8-18(9-10)13(19)11-6-3-7-16-12(11)15/h3,6-7,10H,2,4-5,8-9H2,1H3,(H,17,20). The molecular weight excluding hydrogens is 294 g/mol. The molecule has 21 heavy (non-hydrogen) atoms. The summed E-state index contributed by atoms with van der Waals surface area (Å²) in [6.45, 7) is 3.17. The largest absolute Gasteiger partial charge is 0.450 e. The number of piperidine rings is 1. The molecule has 2 rings (SSSR count). The highest BCUT2D eigenvalue weighted by molar-refractivity contribution is 6.32. The minimum atomic E-state index is -0.448. The van der Waals surface area contributed by atoms with Gasteiger partial charge in [0.15, 0.2) is 0 Å². The number of hydrogen-bond donors (Lipinski definition) is 1. The topological polar surface area (TPSA) is 71.5 Å². The summed E-state index contributed by atoms with van der Waals surface area (Å²) in [6, 6.07) is 3.23. The summed E-state index contributed by atoms with van der Waals surface area (Å²) in [4.78, 5) is 29.5. The van der Waals surface area contributed by atoms with Crippen LogP contribution in [0.15, 0.2) is 18.3 Å². The van der Waals surface area contributed by atoms with E-state index >= 15 is 0 Å². The summed E-state index contributed by atoms with van der Waals surface area (Å²) < 4.78 is 4.86. The molecule has 2 amide bonds. The molecule has 0 aromatic carbocycles. The fourth-order valence-electron chi connectivity index (χ4n) is 2.33. The number of rotatable bonds is 3. The quantitative estimate of drug-likeness (QED) is 0.868. The van der Waals surface area contributed by atoms with E-state index in [9.17, 15) is 9.59 Å². The van der Waals surface area contributed by atoms with E-state index in [2.05, 4.69) is 10.3 Å². The van der Waals surface area contributed by atoms with Crippen LogP contribution in [0.3, 0.4) is 0 Å². The van der Waals surface area contributed by atoms with Crippen molar-refractivity contribution < 1.29 is 14.3 Å². The molecule has 7 heteroatoms. The Morgan fingerprint density at radius 1 is 1.57 bits per heavy atom. The molecule has 114 valence electrons. The van der Waals surface area contributed by atoms with Gasteiger partial charge in [0.2, 0.25) is 0 Å². The first-order valence-electron chi connectivity index (χ1n) is 6.95. The van der Waals surface area contributed by atoms with Gasteiger partial charge in [0.25, 0.3) is 5.91 Å². The van der Waals surface area contributed by atoms with Crippen molar-refractivity contribution in [3.63, 3.8) is 0 Å². The Hall–Kier alpha value is -1.82. The summed E-state index contributed by atoms with van der Waals surface area (Å²) in [7, 11) is 0. The van der Waals surface area contributed by atoms with Crippen LogP contribution >= 0.6 is 11.6 Å². The SMILES string of the molecule is CCOC(=O)NC1CCCN(C(=O)c2cccnc2Cl)C1. The van der Waals surface area contributed by atoms with Crippen LogP contribution in [0, 0.1) is 0 Å². The summed E-state index contributed by atoms with van der Waals surface area (Å²) >= 11 is 5.95. The van der Waals surface area contributed by atoms with Crippen molar-refractivity contribution in [2.75, 3.05) is 19.7 Å². The Labute approximate surface area is 128 Å². The zero-order valence-electron chi connectivity index (χ0n) is 11.8. The molecular formula is C14H18ClN3O3. The predicted octanol–water partition coefficient (Wildman–Crippen LogP) is 2.09. The molecule has 1 aromatic heterocycles. The zero-order chi connectivity index (χ0) is 15.2. The maximum absolute atomic E-state index is 12.4. The molecule has 1 fully saturated rings. The summed E-state index contributed by atoms with van der Waals surface area (Å²) in [5.74, 6) is -0.163. The molecule has 1 aliphatic heterocycles. The Kier molecular flexibility index (Phi) is 5.38. The van der Waals surface area contributed by atoms with E-state index in [1.54, 1.807) is 30.2 Å². The van der Waals surface area contributed by atoms with Crippen LogP contribution < -0.4 is 5.32 Å². The van der Waals surface area contributed by atoms with Gasteiger partial charge in [0, 0.05) is 25.3 Å². The number of likely N-dealkylation sites (tertiary alicyclic amines) is 1. The molecule has 0 radical (unpaired) electrons. The van der Waals surface area contributed by atoms with Crippen LogP contribution in [0.2, 0.25) is 5.15 Å². The number of alkyl carbamates (subject to hydrolysis) is 1. The minimum Gasteiger partial charge on any atom is -0.450 e. The van der Waals surface area contributed by atoms with E-state index in [-0.39, 0.29) is 17.1 Å². The molecule has 0 saturated carbocycles. The average molecular weight is 312 g/mol. The first-order chi connectivity index (χ1) is 10.1. The van der Waals surface area contributed by atoms with E-state index in [1.165, 1.54) is 0 Å². The highest BCUT2D eigenvalue weighted by Gasteiger charge is 2.26. The molecule has 1 aliphatic rings. The number of aromatic nitrogens is 1. The third kappa shape index (κ3) is 4.07. The van der Waals surface area contributed by atoms with E-state index < -0.39 is 6.09 Å². The van der Waals surface area contributed by atoms with Crippen molar-refractivity contribution in [1.82, 2.24) is 15.2 Å². The molecule has 1 unspecified atom stereocenters. The van der Waals surface area contributed by atoms with Crippen LogP contribution in [-0.4, -0.2) is 47.6 Å². The number of carbonyl (C=O) groups excluding carboxylic acids is 2. The van der Waals surface area contributed by atoms with Gasteiger partial charge in [0.05, 0.1) is 12.2 Å². The number of halogens is 1. The second-order valence-electron chi connectivity index (χ2n) is 4.80. The van der Waals surface area contributed by atoms with Crippen LogP contribution in [0.1, 0.15) is 30.1 Å². The highest BCUT2D eigenvalue weighted by Crippen LogP contribution is 2.18. The second-order valence-corrected chi connectivity index (χ2v) is 5.15. The highest BCUT2D eigenvalue weighted by atomic mass is 35.5. The zero-order valence-corrected chi connectivity index (χ0v) is 12.6. The summed E-state index contributed by atoms with van der Waals surface area (Å²) in [6.07, 6.45) is 2.74. The molecule has 1 N–H and O–H groups in total. The van der Waals surface area contributed by atoms with Crippen molar-refractivity contribution >= 4 is 23.6 Å². The monoisotopic (exact) mass is 311 g/mol. The molecule has 6 nitrogen and oxygen atoms in total. The fraction of sp³-hybridized carbons (Fsp3) is 0.500. The lowest BCUT2D eigenvalue weighted by Crippen LogP contribution is -2.49. The predicted molar refractivity (Wildman–Crippen MR) is 78.3 cm³/mol. The van der Waals surface area contributed by atoms with Gasteiger partial charge in [0.1, 0.15) is 5.15 Å². The van der Waals surface area contributed by atoms with Crippen LogP contribution in [-0.2, 0) is 4.74 Å². The number of pyridine rings is 1. The van der Waals surface area contributed by atoms with Crippen molar-refractivity contribution in [3.05, 3.63) is 29.0 Å². The van der Waals surface area contributed by atoms with Gasteiger partial charge in [-0.1, -0.05) is 11.6 Å². The first kappa shape index (κ1) is 15.6. The Bertz CT molecular complexity index is 524. The molecule has 1 saturated heterocycles. The minimum absolute atomic E-state index is 0.0998. The van der Waals surface area contributed by atoms with Gasteiger partial charge in [-0.15, -0.1) is 0 Å². The number of amides is 2. The molecule has 0 bridgehead atoms. The third-order valence-corrected chi connectivity index (χ3v) is 3.60. The van der Waals surface area contributed by atoms with Crippen molar-refractivity contribution in [2.45, 2.75) is 25.8 Å². The maximum Gasteiger partial charge on any atom is 0.407 e. The van der Waals surface area contributed by atoms with Crippen LogP contribution in [0.25, 0.3) is 0 Å². The van der Waals surface area contributed by atoms with Gasteiger partial charge in [-0.3, -0.25) is 4.79 Å². The molecule has 0 spiro atoms. The fourth-order valence-corrected chi connectivity index (χ4v) is 2.53. The van der Waals surface area contributed by atoms with Crippen molar-refractivity contribution in [1.29, 1.82) is 0 Å². The lowest BCUT2D eigenvalue weighted by molar-refractivity contribution is 0.0686. The Balaban J connectivity index is 1.99. The third-order valence-electron chi connectivity index (χ3n) is 3.30. The van der Waals surface area contributed by atoms with Crippen LogP contribution in [0.5, 0.6) is 0 Å². The molecule has 0 aliphatic carbocycles. The summed E-state index contributed by atoms with van der Waals surface area (Å²) in [5.41, 5.74) is 0.385. The molecule has 1 atom stereocenters. The number of ether oxygens (including phenoxy) is 1. The van der Waals surface area contributed by atoms with Gasteiger partial charge in [-0.25, -0.2) is 9.78 Å². The van der Waals surface area contributed by atoms with Gasteiger partial charge < -0.3 is 15.0 Å². The molecule has 1 aromatic rings. The Morgan fingerprint density at radius 2 is 2.38 bits per heavy atom. The normalized spacial score (nSPS) is 18.2. The number of hydrogen-bond acceptors (Lipinski definition) is 4. The van der Waals surface area contributed by atoms with Crippen molar-refractivity contribution in [2.24, 2.45) is 0 Å². The lowest BCUT2D eigenvalue weighted by Gasteiger charge is -2.33. The van der Waals surface area contributed by atoms with Gasteiger partial charge in [-0.2, -0.15) is 0 Å². The maximum atomic E-state index is 12.4. The van der Waals surface area contributed by atoms with E-state index in [1.807, 2.05) is 0 Å². The Morgan fingerprint density at radius 3 is 3.10 bits per heavy atom. The van der Waals surface area contributed by atoms with E-state index in [0.29, 0.717) is 25.3 Å². The van der Waals surface area contributed by atoms with E-state index in [4.69, 9.17) is 16.3 Å².